The maximum atomic E-state index is 12.3. The van der Waals surface area contributed by atoms with E-state index in [2.05, 4.69) is 5.32 Å². The number of aryl methyl sites for hydroxylation is 1. The summed E-state index contributed by atoms with van der Waals surface area (Å²) in [6.07, 6.45) is 2.00. The molecule has 30 heavy (non-hydrogen) atoms. The Labute approximate surface area is 177 Å². The van der Waals surface area contributed by atoms with Crippen molar-refractivity contribution in [2.45, 2.75) is 38.8 Å². The van der Waals surface area contributed by atoms with Gasteiger partial charge in [0.15, 0.2) is 6.10 Å². The predicted molar refractivity (Wildman–Crippen MR) is 115 cm³/mol. The summed E-state index contributed by atoms with van der Waals surface area (Å²) in [5.74, 6) is -0.571. The van der Waals surface area contributed by atoms with E-state index in [9.17, 15) is 14.9 Å². The number of amides is 1. The van der Waals surface area contributed by atoms with Crippen LogP contribution in [-0.4, -0.2) is 31.1 Å². The average Bonchev–Trinajstić information content (AvgIpc) is 2.77. The first kappa shape index (κ1) is 22.7. The van der Waals surface area contributed by atoms with E-state index < -0.39 is 18.0 Å². The number of hydrogen-bond acceptors (Lipinski definition) is 5. The van der Waals surface area contributed by atoms with Crippen molar-refractivity contribution in [3.63, 3.8) is 0 Å². The van der Waals surface area contributed by atoms with Gasteiger partial charge in [0.25, 0.3) is 5.91 Å². The standard InChI is InChI=1S/C24H26N2O4/c1-17(9-10-19-7-5-4-6-8-19)26-23(27)18(2)30-24(28)21(16-25)15-20-11-13-22(29-3)14-12-20/h4-8,11-15,17-18H,9-10H2,1-3H3,(H,26,27)/b21-15+/t17-,18+/m1/s1. The van der Waals surface area contributed by atoms with Gasteiger partial charge in [0, 0.05) is 6.04 Å². The minimum Gasteiger partial charge on any atom is -0.497 e. The highest BCUT2D eigenvalue weighted by Crippen LogP contribution is 2.15. The van der Waals surface area contributed by atoms with Gasteiger partial charge in [0.1, 0.15) is 17.4 Å². The van der Waals surface area contributed by atoms with Crippen LogP contribution in [0.3, 0.4) is 0 Å². The number of carbonyl (C=O) groups is 2. The molecule has 0 unspecified atom stereocenters. The molecule has 0 spiro atoms. The monoisotopic (exact) mass is 406 g/mol. The third-order valence-electron chi connectivity index (χ3n) is 4.52. The summed E-state index contributed by atoms with van der Waals surface area (Å²) in [7, 11) is 1.55. The van der Waals surface area contributed by atoms with Crippen molar-refractivity contribution in [1.82, 2.24) is 5.32 Å². The molecule has 0 bridgehead atoms. The quantitative estimate of drug-likeness (QED) is 0.390. The summed E-state index contributed by atoms with van der Waals surface area (Å²) in [4.78, 5) is 24.6. The molecule has 0 saturated carbocycles. The van der Waals surface area contributed by atoms with Crippen LogP contribution in [0, 0.1) is 11.3 Å². The molecule has 0 radical (unpaired) electrons. The molecule has 2 aromatic rings. The van der Waals surface area contributed by atoms with Crippen LogP contribution in [0.5, 0.6) is 5.75 Å². The summed E-state index contributed by atoms with van der Waals surface area (Å²) in [5, 5.41) is 12.1. The Morgan fingerprint density at radius 1 is 1.10 bits per heavy atom. The third kappa shape index (κ3) is 7.10. The maximum absolute atomic E-state index is 12.3. The van der Waals surface area contributed by atoms with Crippen molar-refractivity contribution in [3.05, 3.63) is 71.3 Å². The van der Waals surface area contributed by atoms with Crippen LogP contribution in [0.25, 0.3) is 6.08 Å². The molecule has 6 nitrogen and oxygen atoms in total. The lowest BCUT2D eigenvalue weighted by atomic mass is 10.1. The van der Waals surface area contributed by atoms with Gasteiger partial charge in [-0.1, -0.05) is 42.5 Å². The number of nitrogens with zero attached hydrogens (tertiary/aromatic N) is 1. The zero-order valence-corrected chi connectivity index (χ0v) is 17.4. The molecular weight excluding hydrogens is 380 g/mol. The molecule has 2 aromatic carbocycles. The first-order chi connectivity index (χ1) is 14.4. The van der Waals surface area contributed by atoms with E-state index >= 15 is 0 Å². The zero-order valence-electron chi connectivity index (χ0n) is 17.4. The molecule has 0 aromatic heterocycles. The van der Waals surface area contributed by atoms with E-state index in [0.717, 1.165) is 12.8 Å². The summed E-state index contributed by atoms with van der Waals surface area (Å²) < 4.78 is 10.3. The molecule has 0 aliphatic carbocycles. The van der Waals surface area contributed by atoms with Crippen LogP contribution in [-0.2, 0) is 20.7 Å². The van der Waals surface area contributed by atoms with Crippen LogP contribution in [0.15, 0.2) is 60.2 Å². The molecule has 2 atom stereocenters. The minimum absolute atomic E-state index is 0.0795. The molecule has 2 rings (SSSR count). The predicted octanol–water partition coefficient (Wildman–Crippen LogP) is 3.67. The molecule has 0 aliphatic rings. The molecule has 0 aliphatic heterocycles. The van der Waals surface area contributed by atoms with E-state index in [1.54, 1.807) is 31.4 Å². The van der Waals surface area contributed by atoms with Gasteiger partial charge < -0.3 is 14.8 Å². The van der Waals surface area contributed by atoms with Gasteiger partial charge in [-0.25, -0.2) is 4.79 Å². The molecule has 6 heteroatoms. The second kappa shape index (κ2) is 11.4. The summed E-state index contributed by atoms with van der Waals surface area (Å²) in [5.41, 5.74) is 1.66. The van der Waals surface area contributed by atoms with Crippen LogP contribution in [0.2, 0.25) is 0 Å². The van der Waals surface area contributed by atoms with Gasteiger partial charge in [-0.3, -0.25) is 4.79 Å². The molecule has 1 amide bonds. The number of nitrogens with one attached hydrogen (secondary N) is 1. The third-order valence-corrected chi connectivity index (χ3v) is 4.52. The van der Waals surface area contributed by atoms with E-state index in [-0.39, 0.29) is 11.6 Å². The topological polar surface area (TPSA) is 88.4 Å². The van der Waals surface area contributed by atoms with Crippen LogP contribution < -0.4 is 10.1 Å². The number of rotatable bonds is 9. The lowest BCUT2D eigenvalue weighted by molar-refractivity contribution is -0.151. The minimum atomic E-state index is -1.01. The van der Waals surface area contributed by atoms with Crippen molar-refractivity contribution in [2.75, 3.05) is 7.11 Å². The molecule has 0 heterocycles. The fraction of sp³-hybridized carbons (Fsp3) is 0.292. The van der Waals surface area contributed by atoms with Gasteiger partial charge in [-0.05, 0) is 56.0 Å². The second-order valence-corrected chi connectivity index (χ2v) is 6.92. The Morgan fingerprint density at radius 3 is 2.37 bits per heavy atom. The fourth-order valence-corrected chi connectivity index (χ4v) is 2.74. The van der Waals surface area contributed by atoms with Gasteiger partial charge in [0.05, 0.1) is 7.11 Å². The van der Waals surface area contributed by atoms with Gasteiger partial charge in [-0.2, -0.15) is 5.26 Å². The molecule has 1 N–H and O–H groups in total. The number of esters is 1. The highest BCUT2D eigenvalue weighted by Gasteiger charge is 2.21. The van der Waals surface area contributed by atoms with E-state index in [1.807, 2.05) is 43.3 Å². The molecular formula is C24H26N2O4. The van der Waals surface area contributed by atoms with E-state index in [4.69, 9.17) is 9.47 Å². The van der Waals surface area contributed by atoms with Crippen LogP contribution >= 0.6 is 0 Å². The Kier molecular flexibility index (Phi) is 8.64. The number of hydrogen-bond donors (Lipinski definition) is 1. The lowest BCUT2D eigenvalue weighted by Gasteiger charge is -2.18. The fourth-order valence-electron chi connectivity index (χ4n) is 2.74. The maximum Gasteiger partial charge on any atom is 0.349 e. The largest absolute Gasteiger partial charge is 0.497 e. The Morgan fingerprint density at radius 2 is 1.77 bits per heavy atom. The van der Waals surface area contributed by atoms with Gasteiger partial charge in [-0.15, -0.1) is 0 Å². The van der Waals surface area contributed by atoms with Crippen molar-refractivity contribution in [3.8, 4) is 11.8 Å². The normalized spacial score (nSPS) is 12.9. The van der Waals surface area contributed by atoms with Crippen molar-refractivity contribution in [1.29, 1.82) is 5.26 Å². The van der Waals surface area contributed by atoms with Crippen LogP contribution in [0.4, 0.5) is 0 Å². The van der Waals surface area contributed by atoms with Crippen molar-refractivity contribution in [2.24, 2.45) is 0 Å². The number of nitriles is 1. The first-order valence-corrected chi connectivity index (χ1v) is 9.74. The number of methoxy groups -OCH3 is 1. The molecule has 156 valence electrons. The van der Waals surface area contributed by atoms with Crippen LogP contribution in [0.1, 0.15) is 31.4 Å². The average molecular weight is 406 g/mol. The van der Waals surface area contributed by atoms with Gasteiger partial charge in [0.2, 0.25) is 0 Å². The van der Waals surface area contributed by atoms with Gasteiger partial charge >= 0.3 is 5.97 Å². The lowest BCUT2D eigenvalue weighted by Crippen LogP contribution is -2.41. The molecule has 0 fully saturated rings. The van der Waals surface area contributed by atoms with Crippen molar-refractivity contribution < 1.29 is 19.1 Å². The Balaban J connectivity index is 1.88. The number of ether oxygens (including phenoxy) is 2. The zero-order chi connectivity index (χ0) is 21.9. The Bertz CT molecular complexity index is 914. The highest BCUT2D eigenvalue weighted by atomic mass is 16.5. The second-order valence-electron chi connectivity index (χ2n) is 6.92. The summed E-state index contributed by atoms with van der Waals surface area (Å²) in [6.45, 7) is 3.39. The number of benzene rings is 2. The smallest absolute Gasteiger partial charge is 0.349 e. The van der Waals surface area contributed by atoms with Crippen molar-refractivity contribution >= 4 is 18.0 Å². The Hall–Kier alpha value is -3.59. The first-order valence-electron chi connectivity index (χ1n) is 9.74. The summed E-state index contributed by atoms with van der Waals surface area (Å²) in [6, 6.07) is 18.6. The summed E-state index contributed by atoms with van der Waals surface area (Å²) >= 11 is 0. The van der Waals surface area contributed by atoms with E-state index in [1.165, 1.54) is 18.6 Å². The SMILES string of the molecule is COc1ccc(/C=C(\C#N)C(=O)O[C@@H](C)C(=O)N[C@H](C)CCc2ccccc2)cc1. The number of carbonyl (C=O) groups excluding carboxylic acids is 2. The highest BCUT2D eigenvalue weighted by molar-refractivity contribution is 5.99. The molecule has 0 saturated heterocycles. The van der Waals surface area contributed by atoms with E-state index in [0.29, 0.717) is 11.3 Å².